The smallest absolute Gasteiger partial charge is 0.412 e. The van der Waals surface area contributed by atoms with Gasteiger partial charge in [0, 0.05) is 11.0 Å². The van der Waals surface area contributed by atoms with Gasteiger partial charge in [0.15, 0.2) is 11.4 Å². The predicted molar refractivity (Wildman–Crippen MR) is 123 cm³/mol. The molecule has 0 atom stereocenters. The number of hydrogen-bond donors (Lipinski definition) is 2. The van der Waals surface area contributed by atoms with E-state index in [2.05, 4.69) is 11.0 Å². The van der Waals surface area contributed by atoms with Gasteiger partial charge in [0.25, 0.3) is 11.3 Å². The Labute approximate surface area is 209 Å². The second kappa shape index (κ2) is 10.3. The Morgan fingerprint density at radius 3 is 2.24 bits per heavy atom. The SMILES string of the molecule is C#C/C=C(\C=C(/C)C(F)(F)F)C1(Cn2cc(O)c(=O)c(C(=O)NC3(C(F)(F)F)CCCC3)n2)CCCC1. The van der Waals surface area contributed by atoms with Crippen molar-refractivity contribution >= 4 is 5.91 Å². The highest BCUT2D eigenvalue weighted by molar-refractivity contribution is 5.93. The molecule has 3 rings (SSSR count). The molecule has 6 nitrogen and oxygen atoms in total. The number of nitrogens with one attached hydrogen (secondary N) is 1. The minimum absolute atomic E-state index is 0.166. The van der Waals surface area contributed by atoms with Crippen LogP contribution in [0.3, 0.4) is 0 Å². The van der Waals surface area contributed by atoms with Crippen LogP contribution in [0.25, 0.3) is 0 Å². The molecule has 0 radical (unpaired) electrons. The first-order valence-electron chi connectivity index (χ1n) is 11.8. The third-order valence-electron chi connectivity index (χ3n) is 7.21. The van der Waals surface area contributed by atoms with Gasteiger partial charge in [-0.3, -0.25) is 14.3 Å². The van der Waals surface area contributed by atoms with Gasteiger partial charge in [0.05, 0.1) is 12.7 Å². The zero-order chi connectivity index (χ0) is 27.6. The summed E-state index contributed by atoms with van der Waals surface area (Å²) in [6, 6.07) is 0. The topological polar surface area (TPSA) is 84.2 Å². The average Bonchev–Trinajstić information content (AvgIpc) is 3.46. The van der Waals surface area contributed by atoms with Crippen molar-refractivity contribution < 1.29 is 36.2 Å². The van der Waals surface area contributed by atoms with E-state index >= 15 is 0 Å². The third-order valence-corrected chi connectivity index (χ3v) is 7.21. The lowest BCUT2D eigenvalue weighted by atomic mass is 9.77. The molecule has 2 fully saturated rings. The molecule has 0 aliphatic heterocycles. The standard InChI is InChI=1S/C25H27F6N3O3/c1-3-8-17(13-16(2)24(26,27)28)22(9-4-5-10-22)15-34-14-18(35)20(36)19(33-34)21(37)32-23(25(29,30)31)11-6-7-12-23/h1,8,13-14,35H,4-7,9-12,15H2,2H3,(H,32,37)/b16-13+,17-8+. The van der Waals surface area contributed by atoms with Gasteiger partial charge in [0.1, 0.15) is 5.54 Å². The van der Waals surface area contributed by atoms with Crippen molar-refractivity contribution in [2.75, 3.05) is 0 Å². The van der Waals surface area contributed by atoms with E-state index in [1.165, 1.54) is 6.08 Å². The van der Waals surface area contributed by atoms with Gasteiger partial charge in [-0.2, -0.15) is 31.4 Å². The Kier molecular flexibility index (Phi) is 7.86. The summed E-state index contributed by atoms with van der Waals surface area (Å²) in [5, 5.41) is 16.0. The van der Waals surface area contributed by atoms with E-state index in [0.717, 1.165) is 23.9 Å². The van der Waals surface area contributed by atoms with Crippen LogP contribution in [-0.2, 0) is 6.54 Å². The molecule has 1 aromatic heterocycles. The summed E-state index contributed by atoms with van der Waals surface area (Å²) in [7, 11) is 0. The summed E-state index contributed by atoms with van der Waals surface area (Å²) in [6.45, 7) is 0.735. The molecule has 37 heavy (non-hydrogen) atoms. The molecule has 2 saturated carbocycles. The zero-order valence-corrected chi connectivity index (χ0v) is 20.1. The highest BCUT2D eigenvalue weighted by Crippen LogP contribution is 2.47. The first-order valence-corrected chi connectivity index (χ1v) is 11.8. The van der Waals surface area contributed by atoms with Crippen molar-refractivity contribution in [3.63, 3.8) is 0 Å². The number of terminal acetylenes is 1. The van der Waals surface area contributed by atoms with Gasteiger partial charge >= 0.3 is 12.4 Å². The van der Waals surface area contributed by atoms with E-state index in [1.54, 1.807) is 0 Å². The van der Waals surface area contributed by atoms with Crippen LogP contribution in [0.1, 0.15) is 68.8 Å². The van der Waals surface area contributed by atoms with Crippen molar-refractivity contribution in [3.8, 4) is 18.1 Å². The maximum absolute atomic E-state index is 13.7. The van der Waals surface area contributed by atoms with Crippen molar-refractivity contribution in [3.05, 3.63) is 45.4 Å². The second-order valence-electron chi connectivity index (χ2n) is 9.71. The molecule has 0 unspecified atom stereocenters. The third kappa shape index (κ3) is 5.86. The number of hydrogen-bond acceptors (Lipinski definition) is 4. The largest absolute Gasteiger partial charge is 0.503 e. The summed E-state index contributed by atoms with van der Waals surface area (Å²) >= 11 is 0. The fraction of sp³-hybridized carbons (Fsp3) is 0.560. The van der Waals surface area contributed by atoms with Crippen LogP contribution in [0.15, 0.2) is 34.3 Å². The number of aromatic nitrogens is 2. The van der Waals surface area contributed by atoms with Crippen LogP contribution in [0.4, 0.5) is 26.3 Å². The Bertz CT molecular complexity index is 1190. The van der Waals surface area contributed by atoms with Crippen LogP contribution in [0, 0.1) is 17.8 Å². The van der Waals surface area contributed by atoms with Gasteiger partial charge < -0.3 is 10.4 Å². The van der Waals surface area contributed by atoms with Crippen LogP contribution >= 0.6 is 0 Å². The molecular formula is C25H27F6N3O3. The fourth-order valence-corrected chi connectivity index (χ4v) is 5.14. The zero-order valence-electron chi connectivity index (χ0n) is 20.1. The first kappa shape index (κ1) is 28.3. The number of rotatable bonds is 6. The highest BCUT2D eigenvalue weighted by Gasteiger charge is 2.57. The summed E-state index contributed by atoms with van der Waals surface area (Å²) in [5.74, 6) is -0.0660. The molecule has 0 spiro atoms. The maximum Gasteiger partial charge on any atom is 0.412 e. The molecule has 1 amide bonds. The lowest BCUT2D eigenvalue weighted by Crippen LogP contribution is -2.57. The number of carbonyl (C=O) groups excluding carboxylic acids is 1. The number of allylic oxidation sites excluding steroid dienone is 4. The van der Waals surface area contributed by atoms with Crippen LogP contribution < -0.4 is 10.7 Å². The molecule has 0 saturated heterocycles. The molecule has 1 heterocycles. The number of aromatic hydroxyl groups is 1. The molecule has 0 aromatic carbocycles. The Morgan fingerprint density at radius 1 is 1.16 bits per heavy atom. The average molecular weight is 531 g/mol. The molecular weight excluding hydrogens is 504 g/mol. The fourth-order valence-electron chi connectivity index (χ4n) is 5.14. The van der Waals surface area contributed by atoms with E-state index < -0.39 is 51.7 Å². The maximum atomic E-state index is 13.7. The number of nitrogens with zero attached hydrogens (tertiary/aromatic N) is 2. The van der Waals surface area contributed by atoms with Crippen molar-refractivity contribution in [2.24, 2.45) is 5.41 Å². The predicted octanol–water partition coefficient (Wildman–Crippen LogP) is 5.18. The van der Waals surface area contributed by atoms with Gasteiger partial charge in [-0.05, 0) is 50.3 Å². The summed E-state index contributed by atoms with van der Waals surface area (Å²) in [5.41, 5.74) is -6.37. The number of amides is 1. The number of alkyl halides is 6. The van der Waals surface area contributed by atoms with Crippen LogP contribution in [0.5, 0.6) is 5.75 Å². The number of carbonyl (C=O) groups is 1. The van der Waals surface area contributed by atoms with E-state index in [9.17, 15) is 41.0 Å². The first-order chi connectivity index (χ1) is 17.1. The van der Waals surface area contributed by atoms with Gasteiger partial charge in [0.2, 0.25) is 0 Å². The lowest BCUT2D eigenvalue weighted by Gasteiger charge is -2.33. The summed E-state index contributed by atoms with van der Waals surface area (Å²) < 4.78 is 82.0. The molecule has 2 aliphatic carbocycles. The summed E-state index contributed by atoms with van der Waals surface area (Å²) in [4.78, 5) is 25.3. The summed E-state index contributed by atoms with van der Waals surface area (Å²) in [6.07, 6.45) is 0.916. The Balaban J connectivity index is 2.01. The van der Waals surface area contributed by atoms with E-state index in [0.29, 0.717) is 25.7 Å². The molecule has 1 aromatic rings. The minimum atomic E-state index is -4.76. The Hall–Kier alpha value is -3.23. The van der Waals surface area contributed by atoms with Gasteiger partial charge in [-0.1, -0.05) is 31.6 Å². The highest BCUT2D eigenvalue weighted by atomic mass is 19.4. The monoisotopic (exact) mass is 531 g/mol. The lowest BCUT2D eigenvalue weighted by molar-refractivity contribution is -0.191. The van der Waals surface area contributed by atoms with Crippen molar-refractivity contribution in [2.45, 2.75) is 82.7 Å². The van der Waals surface area contributed by atoms with Gasteiger partial charge in [-0.15, -0.1) is 6.42 Å². The Morgan fingerprint density at radius 2 is 1.73 bits per heavy atom. The van der Waals surface area contributed by atoms with Crippen molar-refractivity contribution in [1.29, 1.82) is 0 Å². The second-order valence-corrected chi connectivity index (χ2v) is 9.71. The minimum Gasteiger partial charge on any atom is -0.503 e. The van der Waals surface area contributed by atoms with Crippen molar-refractivity contribution in [1.82, 2.24) is 15.1 Å². The molecule has 2 aliphatic rings. The molecule has 0 bridgehead atoms. The quantitative estimate of drug-likeness (QED) is 0.301. The number of halogens is 6. The van der Waals surface area contributed by atoms with E-state index in [-0.39, 0.29) is 37.8 Å². The van der Waals surface area contributed by atoms with Crippen LogP contribution in [0.2, 0.25) is 0 Å². The molecule has 12 heteroatoms. The van der Waals surface area contributed by atoms with Crippen LogP contribution in [-0.4, -0.2) is 38.7 Å². The van der Waals surface area contributed by atoms with E-state index in [4.69, 9.17) is 6.42 Å². The molecule has 2 N–H and O–H groups in total. The van der Waals surface area contributed by atoms with Gasteiger partial charge in [-0.25, -0.2) is 0 Å². The van der Waals surface area contributed by atoms with E-state index in [1.807, 2.05) is 5.32 Å². The normalized spacial score (nSPS) is 20.1. The molecule has 202 valence electrons.